The average molecular weight is 331 g/mol. The lowest BCUT2D eigenvalue weighted by atomic mass is 10.2. The van der Waals surface area contributed by atoms with E-state index in [1.54, 1.807) is 17.5 Å². The zero-order valence-electron chi connectivity index (χ0n) is 9.14. The fraction of sp³-hybridized carbons (Fsp3) is 0.273. The van der Waals surface area contributed by atoms with Crippen LogP contribution in [0.5, 0.6) is 0 Å². The molecular weight excluding hydrogens is 320 g/mol. The van der Waals surface area contributed by atoms with Gasteiger partial charge in [-0.2, -0.15) is 0 Å². The first kappa shape index (κ1) is 12.7. The molecule has 90 valence electrons. The van der Waals surface area contributed by atoms with Crippen molar-refractivity contribution in [3.63, 3.8) is 0 Å². The van der Waals surface area contributed by atoms with E-state index in [1.807, 2.05) is 17.5 Å². The Morgan fingerprint density at radius 2 is 2.41 bits per heavy atom. The highest BCUT2D eigenvalue weighted by Crippen LogP contribution is 2.22. The van der Waals surface area contributed by atoms with Gasteiger partial charge < -0.3 is 5.32 Å². The van der Waals surface area contributed by atoms with Gasteiger partial charge in [0.1, 0.15) is 0 Å². The van der Waals surface area contributed by atoms with Gasteiger partial charge in [0.15, 0.2) is 0 Å². The highest BCUT2D eigenvalue weighted by molar-refractivity contribution is 9.11. The third kappa shape index (κ3) is 3.37. The molecule has 0 aliphatic rings. The van der Waals surface area contributed by atoms with Gasteiger partial charge in [0.25, 0.3) is 5.91 Å². The molecule has 2 rings (SSSR count). The van der Waals surface area contributed by atoms with Crippen LogP contribution >= 0.6 is 38.6 Å². The van der Waals surface area contributed by atoms with Gasteiger partial charge in [-0.3, -0.25) is 4.79 Å². The zero-order valence-corrected chi connectivity index (χ0v) is 12.4. The van der Waals surface area contributed by atoms with Crippen molar-refractivity contribution in [2.45, 2.75) is 12.8 Å². The Bertz CT molecular complexity index is 495. The number of aromatic nitrogens is 1. The minimum absolute atomic E-state index is 0.0240. The standard InChI is InChI=1S/C11H11BrN2OS2/c1-7(11-13-4-5-16-11)6-14-10(15)8-2-3-9(12)17-8/h2-5,7H,6H2,1H3,(H,14,15). The minimum atomic E-state index is -0.0240. The summed E-state index contributed by atoms with van der Waals surface area (Å²) in [5, 5.41) is 5.92. The number of halogens is 1. The van der Waals surface area contributed by atoms with Gasteiger partial charge >= 0.3 is 0 Å². The Labute approximate surface area is 116 Å². The number of thiophene rings is 1. The topological polar surface area (TPSA) is 42.0 Å². The van der Waals surface area contributed by atoms with Crippen LogP contribution in [-0.4, -0.2) is 17.4 Å². The second-order valence-corrected chi connectivity index (χ2v) is 6.97. The first-order valence-corrected chi connectivity index (χ1v) is 7.58. The van der Waals surface area contributed by atoms with E-state index in [4.69, 9.17) is 0 Å². The monoisotopic (exact) mass is 330 g/mol. The van der Waals surface area contributed by atoms with Gasteiger partial charge in [0, 0.05) is 24.0 Å². The molecule has 0 aliphatic heterocycles. The van der Waals surface area contributed by atoms with Crippen LogP contribution in [0.3, 0.4) is 0 Å². The maximum atomic E-state index is 11.8. The normalized spacial score (nSPS) is 12.4. The first-order valence-electron chi connectivity index (χ1n) is 5.09. The summed E-state index contributed by atoms with van der Waals surface area (Å²) in [4.78, 5) is 16.8. The van der Waals surface area contributed by atoms with Crippen LogP contribution in [0, 0.1) is 0 Å². The van der Waals surface area contributed by atoms with Gasteiger partial charge in [-0.1, -0.05) is 6.92 Å². The number of nitrogens with zero attached hydrogens (tertiary/aromatic N) is 1. The van der Waals surface area contributed by atoms with Crippen molar-refractivity contribution in [3.8, 4) is 0 Å². The van der Waals surface area contributed by atoms with Gasteiger partial charge in [-0.25, -0.2) is 4.98 Å². The van der Waals surface area contributed by atoms with Crippen molar-refractivity contribution in [2.75, 3.05) is 6.54 Å². The van der Waals surface area contributed by atoms with Gasteiger partial charge in [-0.05, 0) is 28.1 Å². The molecule has 0 saturated carbocycles. The van der Waals surface area contributed by atoms with Crippen molar-refractivity contribution in [3.05, 3.63) is 37.4 Å². The molecule has 0 bridgehead atoms. The van der Waals surface area contributed by atoms with Crippen LogP contribution < -0.4 is 5.32 Å². The van der Waals surface area contributed by atoms with E-state index in [2.05, 4.69) is 33.2 Å². The second-order valence-electron chi connectivity index (χ2n) is 3.59. The number of hydrogen-bond acceptors (Lipinski definition) is 4. The summed E-state index contributed by atoms with van der Waals surface area (Å²) < 4.78 is 0.968. The molecule has 0 fully saturated rings. The van der Waals surface area contributed by atoms with Crippen LogP contribution in [0.15, 0.2) is 27.5 Å². The van der Waals surface area contributed by atoms with Crippen LogP contribution in [-0.2, 0) is 0 Å². The van der Waals surface area contributed by atoms with E-state index in [0.717, 1.165) is 13.7 Å². The number of nitrogens with one attached hydrogen (secondary N) is 1. The molecule has 0 radical (unpaired) electrons. The molecule has 6 heteroatoms. The van der Waals surface area contributed by atoms with E-state index < -0.39 is 0 Å². The predicted octanol–water partition coefficient (Wildman–Crippen LogP) is 3.50. The first-order chi connectivity index (χ1) is 8.16. The fourth-order valence-electron chi connectivity index (χ4n) is 1.33. The molecule has 0 spiro atoms. The van der Waals surface area contributed by atoms with Crippen molar-refractivity contribution in [1.82, 2.24) is 10.3 Å². The van der Waals surface area contributed by atoms with Gasteiger partial charge in [0.2, 0.25) is 0 Å². The predicted molar refractivity (Wildman–Crippen MR) is 74.9 cm³/mol. The Morgan fingerprint density at radius 1 is 1.59 bits per heavy atom. The zero-order chi connectivity index (χ0) is 12.3. The van der Waals surface area contributed by atoms with E-state index in [1.165, 1.54) is 11.3 Å². The maximum absolute atomic E-state index is 11.8. The quantitative estimate of drug-likeness (QED) is 0.932. The van der Waals surface area contributed by atoms with Crippen LogP contribution in [0.2, 0.25) is 0 Å². The van der Waals surface area contributed by atoms with Gasteiger partial charge in [-0.15, -0.1) is 22.7 Å². The molecule has 2 heterocycles. The summed E-state index contributed by atoms with van der Waals surface area (Å²) in [6, 6.07) is 3.70. The molecule has 2 aromatic heterocycles. The summed E-state index contributed by atoms with van der Waals surface area (Å²) in [6.45, 7) is 2.67. The molecule has 1 amide bonds. The largest absolute Gasteiger partial charge is 0.351 e. The lowest BCUT2D eigenvalue weighted by Crippen LogP contribution is -2.26. The molecule has 0 saturated heterocycles. The smallest absolute Gasteiger partial charge is 0.261 e. The second kappa shape index (κ2) is 5.75. The highest BCUT2D eigenvalue weighted by Gasteiger charge is 2.12. The molecular formula is C11H11BrN2OS2. The Balaban J connectivity index is 1.88. The Hall–Kier alpha value is -0.720. The van der Waals surface area contributed by atoms with Crippen LogP contribution in [0.4, 0.5) is 0 Å². The lowest BCUT2D eigenvalue weighted by molar-refractivity contribution is 0.0955. The summed E-state index contributed by atoms with van der Waals surface area (Å²) in [5.41, 5.74) is 0. The Morgan fingerprint density at radius 3 is 3.00 bits per heavy atom. The summed E-state index contributed by atoms with van der Waals surface area (Å²) >= 11 is 6.39. The summed E-state index contributed by atoms with van der Waals surface area (Å²) in [7, 11) is 0. The summed E-state index contributed by atoms with van der Waals surface area (Å²) in [5.74, 6) is 0.228. The maximum Gasteiger partial charge on any atom is 0.261 e. The van der Waals surface area contributed by atoms with Crippen LogP contribution in [0.25, 0.3) is 0 Å². The van der Waals surface area contributed by atoms with E-state index >= 15 is 0 Å². The highest BCUT2D eigenvalue weighted by atomic mass is 79.9. The lowest BCUT2D eigenvalue weighted by Gasteiger charge is -2.08. The molecule has 0 aromatic carbocycles. The average Bonchev–Trinajstić information content (AvgIpc) is 2.95. The number of rotatable bonds is 4. The number of carbonyl (C=O) groups excluding carboxylic acids is 1. The number of hydrogen-bond donors (Lipinski definition) is 1. The minimum Gasteiger partial charge on any atom is -0.351 e. The van der Waals surface area contributed by atoms with Crippen molar-refractivity contribution in [1.29, 1.82) is 0 Å². The van der Waals surface area contributed by atoms with E-state index in [-0.39, 0.29) is 11.8 Å². The third-order valence-corrected chi connectivity index (χ3v) is 4.87. The summed E-state index contributed by atoms with van der Waals surface area (Å²) in [6.07, 6.45) is 1.79. The molecule has 0 aliphatic carbocycles. The fourth-order valence-corrected chi connectivity index (χ4v) is 3.34. The number of carbonyl (C=O) groups is 1. The molecule has 2 aromatic rings. The third-order valence-electron chi connectivity index (χ3n) is 2.24. The molecule has 1 unspecified atom stereocenters. The van der Waals surface area contributed by atoms with Crippen molar-refractivity contribution in [2.24, 2.45) is 0 Å². The molecule has 1 atom stereocenters. The number of thiazole rings is 1. The van der Waals surface area contributed by atoms with E-state index in [0.29, 0.717) is 6.54 Å². The van der Waals surface area contributed by atoms with E-state index in [9.17, 15) is 4.79 Å². The Kier molecular flexibility index (Phi) is 4.31. The molecule has 3 nitrogen and oxygen atoms in total. The van der Waals surface area contributed by atoms with Crippen molar-refractivity contribution < 1.29 is 4.79 Å². The molecule has 17 heavy (non-hydrogen) atoms. The van der Waals surface area contributed by atoms with Gasteiger partial charge in [0.05, 0.1) is 13.7 Å². The molecule has 1 N–H and O–H groups in total. The SMILES string of the molecule is CC(CNC(=O)c1ccc(Br)s1)c1nccs1. The number of amides is 1. The van der Waals surface area contributed by atoms with Crippen LogP contribution in [0.1, 0.15) is 27.5 Å². The van der Waals surface area contributed by atoms with Crippen molar-refractivity contribution >= 4 is 44.5 Å².